The highest BCUT2D eigenvalue weighted by molar-refractivity contribution is 7.80. The van der Waals surface area contributed by atoms with E-state index in [-0.39, 0.29) is 5.75 Å². The Morgan fingerprint density at radius 3 is 2.74 bits per heavy atom. The SMILES string of the molecule is CN(C(=S)NC1CCCCC1)c1cccc(Cl)c1O. The Kier molecular flexibility index (Phi) is 4.88. The lowest BCUT2D eigenvalue weighted by Crippen LogP contribution is -2.43. The number of hydrogen-bond donors (Lipinski definition) is 2. The van der Waals surface area contributed by atoms with Crippen LogP contribution in [0.1, 0.15) is 32.1 Å². The second-order valence-corrected chi connectivity index (χ2v) is 5.74. The number of para-hydroxylation sites is 1. The molecule has 1 fully saturated rings. The van der Waals surface area contributed by atoms with Crippen molar-refractivity contribution in [1.82, 2.24) is 5.32 Å². The van der Waals surface area contributed by atoms with Gasteiger partial charge in [-0.1, -0.05) is 36.9 Å². The summed E-state index contributed by atoms with van der Waals surface area (Å²) in [5.74, 6) is 0.0689. The molecule has 1 aliphatic rings. The second-order valence-electron chi connectivity index (χ2n) is 4.95. The summed E-state index contributed by atoms with van der Waals surface area (Å²) in [7, 11) is 1.84. The maximum absolute atomic E-state index is 9.96. The molecule has 1 saturated carbocycles. The molecule has 0 bridgehead atoms. The zero-order valence-corrected chi connectivity index (χ0v) is 12.6. The third kappa shape index (κ3) is 3.51. The summed E-state index contributed by atoms with van der Waals surface area (Å²) in [6.45, 7) is 0. The Hall–Kier alpha value is -1.00. The van der Waals surface area contributed by atoms with Crippen LogP contribution in [0.5, 0.6) is 5.75 Å². The lowest BCUT2D eigenvalue weighted by Gasteiger charge is -2.28. The van der Waals surface area contributed by atoms with Crippen molar-refractivity contribution >= 4 is 34.6 Å². The van der Waals surface area contributed by atoms with Crippen LogP contribution >= 0.6 is 23.8 Å². The minimum atomic E-state index is 0.0689. The van der Waals surface area contributed by atoms with E-state index < -0.39 is 0 Å². The van der Waals surface area contributed by atoms with Gasteiger partial charge in [0.1, 0.15) is 0 Å². The molecule has 0 atom stereocenters. The van der Waals surface area contributed by atoms with Gasteiger partial charge in [-0.2, -0.15) is 0 Å². The number of thiocarbonyl (C=S) groups is 1. The standard InChI is InChI=1S/C14H19ClN2OS/c1-17(12-9-5-8-11(15)13(12)18)14(19)16-10-6-3-2-4-7-10/h5,8-10,18H,2-4,6-7H2,1H3,(H,16,19). The first-order valence-corrected chi connectivity index (χ1v) is 7.40. The minimum absolute atomic E-state index is 0.0689. The Morgan fingerprint density at radius 2 is 2.05 bits per heavy atom. The molecule has 0 amide bonds. The average molecular weight is 299 g/mol. The molecule has 5 heteroatoms. The van der Waals surface area contributed by atoms with Gasteiger partial charge in [0.25, 0.3) is 0 Å². The molecule has 0 radical (unpaired) electrons. The highest BCUT2D eigenvalue weighted by atomic mass is 35.5. The van der Waals surface area contributed by atoms with Crippen LogP contribution in [-0.2, 0) is 0 Å². The van der Waals surface area contributed by atoms with Crippen LogP contribution in [-0.4, -0.2) is 23.3 Å². The Morgan fingerprint density at radius 1 is 1.37 bits per heavy atom. The van der Waals surface area contributed by atoms with E-state index in [9.17, 15) is 5.11 Å². The Labute approximate surface area is 124 Å². The number of halogens is 1. The van der Waals surface area contributed by atoms with Gasteiger partial charge in [0, 0.05) is 13.1 Å². The van der Waals surface area contributed by atoms with Crippen LogP contribution in [0, 0.1) is 0 Å². The molecule has 1 aliphatic carbocycles. The average Bonchev–Trinajstić information content (AvgIpc) is 2.42. The molecule has 0 unspecified atom stereocenters. The number of hydrogen-bond acceptors (Lipinski definition) is 2. The van der Waals surface area contributed by atoms with E-state index in [1.165, 1.54) is 19.3 Å². The fourth-order valence-electron chi connectivity index (χ4n) is 2.40. The van der Waals surface area contributed by atoms with E-state index in [1.807, 2.05) is 7.05 Å². The minimum Gasteiger partial charge on any atom is -0.504 e. The first-order valence-electron chi connectivity index (χ1n) is 6.61. The van der Waals surface area contributed by atoms with Crippen LogP contribution in [0.2, 0.25) is 5.02 Å². The van der Waals surface area contributed by atoms with Gasteiger partial charge >= 0.3 is 0 Å². The van der Waals surface area contributed by atoms with Gasteiger partial charge in [-0.25, -0.2) is 0 Å². The molecule has 3 nitrogen and oxygen atoms in total. The molecule has 0 aromatic heterocycles. The molecule has 0 spiro atoms. The summed E-state index contributed by atoms with van der Waals surface area (Å²) >= 11 is 11.3. The predicted molar refractivity (Wildman–Crippen MR) is 84.1 cm³/mol. The molecule has 0 heterocycles. The van der Waals surface area contributed by atoms with E-state index in [1.54, 1.807) is 23.1 Å². The molecular weight excluding hydrogens is 280 g/mol. The molecule has 1 aromatic rings. The molecule has 2 rings (SSSR count). The van der Waals surface area contributed by atoms with E-state index >= 15 is 0 Å². The van der Waals surface area contributed by atoms with Crippen molar-refractivity contribution in [2.75, 3.05) is 11.9 Å². The number of anilines is 1. The van der Waals surface area contributed by atoms with Crippen LogP contribution in [0.25, 0.3) is 0 Å². The van der Waals surface area contributed by atoms with E-state index in [4.69, 9.17) is 23.8 Å². The van der Waals surface area contributed by atoms with Crippen molar-refractivity contribution in [1.29, 1.82) is 0 Å². The largest absolute Gasteiger partial charge is 0.504 e. The van der Waals surface area contributed by atoms with Gasteiger partial charge in [-0.3, -0.25) is 0 Å². The first kappa shape index (κ1) is 14.4. The number of nitrogens with zero attached hydrogens (tertiary/aromatic N) is 1. The van der Waals surface area contributed by atoms with E-state index in [0.29, 0.717) is 21.9 Å². The summed E-state index contributed by atoms with van der Waals surface area (Å²) in [5, 5.41) is 14.3. The van der Waals surface area contributed by atoms with Gasteiger partial charge in [0.15, 0.2) is 10.9 Å². The number of benzene rings is 1. The maximum atomic E-state index is 9.96. The predicted octanol–water partition coefficient (Wildman–Crippen LogP) is 3.69. The summed E-state index contributed by atoms with van der Waals surface area (Å²) in [6.07, 6.45) is 6.15. The van der Waals surface area contributed by atoms with Gasteiger partial charge in [-0.05, 0) is 37.2 Å². The third-order valence-electron chi connectivity index (χ3n) is 3.56. The van der Waals surface area contributed by atoms with Gasteiger partial charge < -0.3 is 15.3 Å². The van der Waals surface area contributed by atoms with Gasteiger partial charge in [0.05, 0.1) is 10.7 Å². The maximum Gasteiger partial charge on any atom is 0.173 e. The van der Waals surface area contributed by atoms with E-state index in [0.717, 1.165) is 12.8 Å². The smallest absolute Gasteiger partial charge is 0.173 e. The summed E-state index contributed by atoms with van der Waals surface area (Å²) < 4.78 is 0. The van der Waals surface area contributed by atoms with Gasteiger partial charge in [-0.15, -0.1) is 0 Å². The number of phenols is 1. The van der Waals surface area contributed by atoms with Crippen molar-refractivity contribution in [2.45, 2.75) is 38.1 Å². The molecule has 0 saturated heterocycles. The van der Waals surface area contributed by atoms with Crippen LogP contribution in [0.3, 0.4) is 0 Å². The van der Waals surface area contributed by atoms with Crippen molar-refractivity contribution in [3.05, 3.63) is 23.2 Å². The van der Waals surface area contributed by atoms with Gasteiger partial charge in [0.2, 0.25) is 0 Å². The molecule has 0 aliphatic heterocycles. The van der Waals surface area contributed by atoms with Crippen molar-refractivity contribution in [3.63, 3.8) is 0 Å². The molecule has 2 N–H and O–H groups in total. The number of rotatable bonds is 2. The Balaban J connectivity index is 2.03. The van der Waals surface area contributed by atoms with Crippen LogP contribution < -0.4 is 10.2 Å². The second kappa shape index (κ2) is 6.44. The highest BCUT2D eigenvalue weighted by Crippen LogP contribution is 2.33. The number of aromatic hydroxyl groups is 1. The third-order valence-corrected chi connectivity index (χ3v) is 4.26. The quantitative estimate of drug-likeness (QED) is 0.816. The monoisotopic (exact) mass is 298 g/mol. The summed E-state index contributed by atoms with van der Waals surface area (Å²) in [6, 6.07) is 5.71. The Bertz CT molecular complexity index is 461. The lowest BCUT2D eigenvalue weighted by molar-refractivity contribution is 0.413. The highest BCUT2D eigenvalue weighted by Gasteiger charge is 2.18. The topological polar surface area (TPSA) is 35.5 Å². The van der Waals surface area contributed by atoms with Crippen molar-refractivity contribution < 1.29 is 5.11 Å². The van der Waals surface area contributed by atoms with Crippen LogP contribution in [0.4, 0.5) is 5.69 Å². The fraction of sp³-hybridized carbons (Fsp3) is 0.500. The van der Waals surface area contributed by atoms with Crippen molar-refractivity contribution in [3.8, 4) is 5.75 Å². The summed E-state index contributed by atoms with van der Waals surface area (Å²) in [4.78, 5) is 1.77. The van der Waals surface area contributed by atoms with Crippen molar-refractivity contribution in [2.24, 2.45) is 0 Å². The first-order chi connectivity index (χ1) is 9.09. The van der Waals surface area contributed by atoms with E-state index in [2.05, 4.69) is 5.32 Å². The molecular formula is C14H19ClN2OS. The fourth-order valence-corrected chi connectivity index (χ4v) is 2.84. The normalized spacial score (nSPS) is 16.1. The number of nitrogens with one attached hydrogen (secondary N) is 1. The molecule has 1 aromatic carbocycles. The summed E-state index contributed by atoms with van der Waals surface area (Å²) in [5.41, 5.74) is 0.626. The molecule has 104 valence electrons. The molecule has 19 heavy (non-hydrogen) atoms. The number of phenolic OH excluding ortho intramolecular Hbond substituents is 1. The van der Waals surface area contributed by atoms with Crippen LogP contribution in [0.15, 0.2) is 18.2 Å². The lowest BCUT2D eigenvalue weighted by atomic mass is 9.96. The zero-order valence-electron chi connectivity index (χ0n) is 11.0. The zero-order chi connectivity index (χ0) is 13.8.